The minimum Gasteiger partial charge on any atom is -0.461 e. The highest BCUT2D eigenvalue weighted by Gasteiger charge is 2.31. The second-order valence-corrected chi connectivity index (χ2v) is 4.75. The summed E-state index contributed by atoms with van der Waals surface area (Å²) in [5, 5.41) is 4.26. The second-order valence-electron chi connectivity index (χ2n) is 4.37. The van der Waals surface area contributed by atoms with E-state index in [1.807, 2.05) is 0 Å². The van der Waals surface area contributed by atoms with Gasteiger partial charge in [0, 0.05) is 12.5 Å². The molecule has 0 bridgehead atoms. The van der Waals surface area contributed by atoms with Gasteiger partial charge in [-0.1, -0.05) is 25.4 Å². The lowest BCUT2D eigenvalue weighted by molar-refractivity contribution is 0.0514. The number of rotatable bonds is 4. The van der Waals surface area contributed by atoms with Gasteiger partial charge in [-0.15, -0.1) is 0 Å². The van der Waals surface area contributed by atoms with Gasteiger partial charge in [-0.25, -0.2) is 4.79 Å². The van der Waals surface area contributed by atoms with Gasteiger partial charge >= 0.3 is 5.97 Å². The zero-order valence-electron chi connectivity index (χ0n) is 10.4. The van der Waals surface area contributed by atoms with Crippen molar-refractivity contribution < 1.29 is 13.9 Å². The molecule has 0 unspecified atom stereocenters. The summed E-state index contributed by atoms with van der Waals surface area (Å²) in [7, 11) is 1.58. The molecule has 0 N–H and O–H groups in total. The number of carbonyl (C=O) groups excluding carboxylic acids is 1. The van der Waals surface area contributed by atoms with Crippen molar-refractivity contribution in [3.8, 4) is 0 Å². The fraction of sp³-hybridized carbons (Fsp3) is 0.636. The van der Waals surface area contributed by atoms with E-state index >= 15 is 0 Å². The summed E-state index contributed by atoms with van der Waals surface area (Å²) in [5.74, 6) is -0.548. The van der Waals surface area contributed by atoms with Crippen LogP contribution in [0.2, 0.25) is 5.02 Å². The summed E-state index contributed by atoms with van der Waals surface area (Å²) in [4.78, 5) is 11.7. The molecule has 0 radical (unpaired) electrons. The zero-order valence-corrected chi connectivity index (χ0v) is 11.1. The maximum Gasteiger partial charge on any atom is 0.358 e. The molecule has 0 saturated carbocycles. The molecule has 1 heterocycles. The SMILES string of the molecule is CCOC(=O)c1c(Cl)c(C(C)(C)CF)nn1C. The van der Waals surface area contributed by atoms with Crippen molar-refractivity contribution in [2.45, 2.75) is 26.2 Å². The monoisotopic (exact) mass is 262 g/mol. The quantitative estimate of drug-likeness (QED) is 0.783. The van der Waals surface area contributed by atoms with Crippen LogP contribution in [0.25, 0.3) is 0 Å². The predicted octanol–water partition coefficient (Wildman–Crippen LogP) is 2.50. The number of nitrogens with zero attached hydrogens (tertiary/aromatic N) is 2. The largest absolute Gasteiger partial charge is 0.461 e. The summed E-state index contributed by atoms with van der Waals surface area (Å²) in [6.07, 6.45) is 0. The van der Waals surface area contributed by atoms with E-state index < -0.39 is 18.1 Å². The van der Waals surface area contributed by atoms with Crippen LogP contribution in [-0.2, 0) is 17.2 Å². The molecule has 1 aromatic rings. The van der Waals surface area contributed by atoms with Gasteiger partial charge in [-0.3, -0.25) is 9.07 Å². The van der Waals surface area contributed by atoms with Crippen LogP contribution in [0.15, 0.2) is 0 Å². The standard InChI is InChI=1S/C11H16ClFN2O2/c1-5-17-10(16)8-7(12)9(14-15(8)4)11(2,3)6-13/h5-6H2,1-4H3. The number of hydrogen-bond acceptors (Lipinski definition) is 3. The van der Waals surface area contributed by atoms with Crippen LogP contribution in [0.5, 0.6) is 0 Å². The molecular weight excluding hydrogens is 247 g/mol. The van der Waals surface area contributed by atoms with Crippen molar-refractivity contribution in [2.75, 3.05) is 13.3 Å². The first-order valence-electron chi connectivity index (χ1n) is 5.31. The third kappa shape index (κ3) is 2.60. The summed E-state index contributed by atoms with van der Waals surface area (Å²) in [6.45, 7) is 4.70. The molecule has 17 heavy (non-hydrogen) atoms. The Morgan fingerprint density at radius 2 is 2.18 bits per heavy atom. The fourth-order valence-electron chi connectivity index (χ4n) is 1.42. The molecule has 0 amide bonds. The molecule has 96 valence electrons. The van der Waals surface area contributed by atoms with Crippen molar-refractivity contribution in [2.24, 2.45) is 7.05 Å². The first-order valence-corrected chi connectivity index (χ1v) is 5.69. The van der Waals surface area contributed by atoms with Gasteiger partial charge in [-0.2, -0.15) is 5.10 Å². The summed E-state index contributed by atoms with van der Waals surface area (Å²) >= 11 is 6.07. The Morgan fingerprint density at radius 1 is 1.59 bits per heavy atom. The van der Waals surface area contributed by atoms with Gasteiger partial charge in [0.2, 0.25) is 0 Å². The first-order chi connectivity index (χ1) is 7.85. The molecule has 0 aromatic carbocycles. The van der Waals surface area contributed by atoms with Gasteiger partial charge in [0.25, 0.3) is 0 Å². The minimum atomic E-state index is -0.820. The predicted molar refractivity (Wildman–Crippen MR) is 63.2 cm³/mol. The van der Waals surface area contributed by atoms with Crippen molar-refractivity contribution in [1.82, 2.24) is 9.78 Å². The topological polar surface area (TPSA) is 44.1 Å². The van der Waals surface area contributed by atoms with Crippen molar-refractivity contribution in [3.63, 3.8) is 0 Å². The van der Waals surface area contributed by atoms with Gasteiger partial charge in [-0.05, 0) is 6.92 Å². The molecule has 0 fully saturated rings. The van der Waals surface area contributed by atoms with E-state index in [-0.39, 0.29) is 17.3 Å². The second kappa shape index (κ2) is 5.04. The first kappa shape index (κ1) is 14.0. The molecule has 0 aliphatic heterocycles. The zero-order chi connectivity index (χ0) is 13.2. The maximum absolute atomic E-state index is 12.9. The third-order valence-electron chi connectivity index (χ3n) is 2.43. The van der Waals surface area contributed by atoms with Gasteiger partial charge in [0.1, 0.15) is 6.67 Å². The summed E-state index contributed by atoms with van der Waals surface area (Å²) < 4.78 is 19.1. The highest BCUT2D eigenvalue weighted by molar-refractivity contribution is 6.34. The van der Waals surface area contributed by atoms with E-state index in [2.05, 4.69) is 5.10 Å². The molecule has 4 nitrogen and oxygen atoms in total. The van der Waals surface area contributed by atoms with Crippen molar-refractivity contribution >= 4 is 17.6 Å². The number of ether oxygens (including phenoxy) is 1. The highest BCUT2D eigenvalue weighted by Crippen LogP contribution is 2.31. The average molecular weight is 263 g/mol. The van der Waals surface area contributed by atoms with Crippen LogP contribution < -0.4 is 0 Å². The number of halogens is 2. The Kier molecular flexibility index (Phi) is 4.14. The minimum absolute atomic E-state index is 0.157. The van der Waals surface area contributed by atoms with Crippen molar-refractivity contribution in [1.29, 1.82) is 0 Å². The Hall–Kier alpha value is -1.10. The lowest BCUT2D eigenvalue weighted by atomic mass is 9.91. The molecule has 1 aromatic heterocycles. The number of hydrogen-bond donors (Lipinski definition) is 0. The number of aryl methyl sites for hydroxylation is 1. The van der Waals surface area contributed by atoms with E-state index in [1.54, 1.807) is 27.8 Å². The average Bonchev–Trinajstić information content (AvgIpc) is 2.55. The third-order valence-corrected chi connectivity index (χ3v) is 2.79. The molecular formula is C11H16ClFN2O2. The molecule has 1 rings (SSSR count). The molecule has 0 aliphatic carbocycles. The molecule has 0 atom stereocenters. The van der Waals surface area contributed by atoms with E-state index in [0.717, 1.165) is 0 Å². The lowest BCUT2D eigenvalue weighted by Gasteiger charge is -2.17. The normalized spacial score (nSPS) is 11.6. The molecule has 0 saturated heterocycles. The molecule has 6 heteroatoms. The lowest BCUT2D eigenvalue weighted by Crippen LogP contribution is -2.21. The van der Waals surface area contributed by atoms with E-state index in [9.17, 15) is 9.18 Å². The van der Waals surface area contributed by atoms with E-state index in [0.29, 0.717) is 5.69 Å². The highest BCUT2D eigenvalue weighted by atomic mass is 35.5. The van der Waals surface area contributed by atoms with Gasteiger partial charge in [0.05, 0.1) is 17.3 Å². The Bertz CT molecular complexity index is 429. The van der Waals surface area contributed by atoms with Gasteiger partial charge in [0.15, 0.2) is 5.69 Å². The Labute approximate surface area is 105 Å². The van der Waals surface area contributed by atoms with Crippen LogP contribution in [0.1, 0.15) is 37.0 Å². The summed E-state index contributed by atoms with van der Waals surface area (Å²) in [6, 6.07) is 0. The number of carbonyl (C=O) groups is 1. The fourth-order valence-corrected chi connectivity index (χ4v) is 1.91. The van der Waals surface area contributed by atoms with E-state index in [1.165, 1.54) is 4.68 Å². The number of esters is 1. The number of aromatic nitrogens is 2. The van der Waals surface area contributed by atoms with Crippen LogP contribution in [0.4, 0.5) is 4.39 Å². The maximum atomic E-state index is 12.9. The van der Waals surface area contributed by atoms with Crippen LogP contribution in [0, 0.1) is 0 Å². The number of alkyl halides is 1. The molecule has 0 aliphatic rings. The van der Waals surface area contributed by atoms with Crippen LogP contribution >= 0.6 is 11.6 Å². The Balaban J connectivity index is 3.24. The summed E-state index contributed by atoms with van der Waals surface area (Å²) in [5.41, 5.74) is -0.295. The van der Waals surface area contributed by atoms with Crippen LogP contribution in [0.3, 0.4) is 0 Å². The smallest absolute Gasteiger partial charge is 0.358 e. The molecule has 0 spiro atoms. The Morgan fingerprint density at radius 3 is 2.65 bits per heavy atom. The van der Waals surface area contributed by atoms with E-state index in [4.69, 9.17) is 16.3 Å². The van der Waals surface area contributed by atoms with Crippen LogP contribution in [-0.4, -0.2) is 29.0 Å². The van der Waals surface area contributed by atoms with Crippen molar-refractivity contribution in [3.05, 3.63) is 16.4 Å². The van der Waals surface area contributed by atoms with Gasteiger partial charge < -0.3 is 4.74 Å².